The van der Waals surface area contributed by atoms with Crippen molar-refractivity contribution in [1.29, 1.82) is 0 Å². The molecule has 2 heteroatoms. The van der Waals surface area contributed by atoms with E-state index < -0.39 is 0 Å². The van der Waals surface area contributed by atoms with Gasteiger partial charge in [-0.1, -0.05) is 195 Å². The molecule has 0 bridgehead atoms. The van der Waals surface area contributed by atoms with Gasteiger partial charge < -0.3 is 9.13 Å². The number of allylic oxidation sites excluding steroid dienone is 7. The van der Waals surface area contributed by atoms with E-state index in [9.17, 15) is 0 Å². The minimum absolute atomic E-state index is 0.552. The lowest BCUT2D eigenvalue weighted by molar-refractivity contribution is 0.714. The van der Waals surface area contributed by atoms with Gasteiger partial charge in [0.25, 0.3) is 0 Å². The highest BCUT2D eigenvalue weighted by Gasteiger charge is 2.36. The Balaban J connectivity index is 0.798. The van der Waals surface area contributed by atoms with Crippen molar-refractivity contribution in [1.82, 2.24) is 9.13 Å². The van der Waals surface area contributed by atoms with Gasteiger partial charge in [0.15, 0.2) is 0 Å². The first-order chi connectivity index (χ1) is 40.4. The summed E-state index contributed by atoms with van der Waals surface area (Å²) in [6, 6.07) is 82.2. The third-order valence-corrected chi connectivity index (χ3v) is 18.3. The van der Waals surface area contributed by atoms with Gasteiger partial charge >= 0.3 is 0 Å². The second-order valence-electron chi connectivity index (χ2n) is 23.0. The molecule has 2 nitrogen and oxygen atoms in total. The van der Waals surface area contributed by atoms with Gasteiger partial charge in [-0.2, -0.15) is 0 Å². The van der Waals surface area contributed by atoms with Crippen molar-refractivity contribution in [2.24, 2.45) is 5.92 Å². The van der Waals surface area contributed by atoms with Crippen LogP contribution >= 0.6 is 0 Å². The lowest BCUT2D eigenvalue weighted by atomic mass is 9.82. The van der Waals surface area contributed by atoms with E-state index in [1.807, 2.05) is 0 Å². The Morgan fingerprint density at radius 1 is 0.415 bits per heavy atom. The molecular weight excluding hydrogens is 989 g/mol. The van der Waals surface area contributed by atoms with Crippen molar-refractivity contribution < 1.29 is 0 Å². The minimum atomic E-state index is 0.552. The fraction of sp³-hybridized carbons (Fsp3) is 0.0625. The van der Waals surface area contributed by atoms with Crippen LogP contribution < -0.4 is 10.4 Å². The van der Waals surface area contributed by atoms with Crippen LogP contribution in [0.3, 0.4) is 0 Å². The van der Waals surface area contributed by atoms with Gasteiger partial charge in [-0.3, -0.25) is 0 Å². The zero-order valence-corrected chi connectivity index (χ0v) is 46.0. The Morgan fingerprint density at radius 2 is 0.890 bits per heavy atom. The molecule has 0 spiro atoms. The lowest BCUT2D eigenvalue weighted by Crippen LogP contribution is -2.36. The molecule has 4 aliphatic carbocycles. The molecule has 4 aliphatic rings. The number of aromatic nitrogens is 2. The summed E-state index contributed by atoms with van der Waals surface area (Å²) in [6.45, 7) is 6.70. The summed E-state index contributed by atoms with van der Waals surface area (Å²) in [5.74, 6) is 1.95. The molecule has 385 valence electrons. The van der Waals surface area contributed by atoms with E-state index in [4.69, 9.17) is 0 Å². The number of rotatable bonds is 8. The summed E-state index contributed by atoms with van der Waals surface area (Å²) in [4.78, 5) is 0. The van der Waals surface area contributed by atoms with Gasteiger partial charge in [-0.05, 0) is 215 Å². The normalized spacial score (nSPS) is 15.2. The van der Waals surface area contributed by atoms with E-state index in [2.05, 4.69) is 291 Å². The fourth-order valence-corrected chi connectivity index (χ4v) is 14.0. The molecule has 0 fully saturated rings. The first-order valence-electron chi connectivity index (χ1n) is 29.0. The molecule has 0 saturated carbocycles. The van der Waals surface area contributed by atoms with E-state index in [-0.39, 0.29) is 0 Å². The topological polar surface area (TPSA) is 9.86 Å². The highest BCUT2D eigenvalue weighted by Crippen LogP contribution is 2.54. The Labute approximate surface area is 477 Å². The molecule has 2 aromatic heterocycles. The van der Waals surface area contributed by atoms with Crippen LogP contribution in [0.4, 0.5) is 0 Å². The number of fused-ring (bicyclic) bond motifs is 15. The monoisotopic (exact) mass is 1040 g/mol. The summed E-state index contributed by atoms with van der Waals surface area (Å²) in [6.07, 6.45) is 17.2. The quantitative estimate of drug-likeness (QED) is 0.144. The molecule has 0 aliphatic heterocycles. The molecule has 82 heavy (non-hydrogen) atoms. The van der Waals surface area contributed by atoms with Crippen molar-refractivity contribution in [3.8, 4) is 67.0 Å². The van der Waals surface area contributed by atoms with Crippen molar-refractivity contribution in [3.63, 3.8) is 0 Å². The van der Waals surface area contributed by atoms with E-state index in [1.54, 1.807) is 0 Å². The summed E-state index contributed by atoms with van der Waals surface area (Å²) in [5, 5.41) is 10.5. The number of nitrogens with zero attached hydrogens (tertiary/aromatic N) is 2. The SMILES string of the molecule is C/C=C\C1=C(C)[C]2C=C2c2ccc(-c3ccc(-n4c5ccc(-c6ccccc6)cc5c5ccc(-c6ccc7c8cc(-c9ccccc9)ccc8n(-c8ccc(-c9ccc%10c%11c(c%12c(c%10c9)C=CC(C)C%12)=CC=%11)cc8)c7c6)cc54)cc3)cc21. The summed E-state index contributed by atoms with van der Waals surface area (Å²) >= 11 is 0. The smallest absolute Gasteiger partial charge is 0.0547 e. The molecule has 17 rings (SSSR count). The first-order valence-corrected chi connectivity index (χ1v) is 29.0. The largest absolute Gasteiger partial charge is 0.309 e. The van der Waals surface area contributed by atoms with E-state index in [0.717, 1.165) is 17.8 Å². The predicted molar refractivity (Wildman–Crippen MR) is 349 cm³/mol. The van der Waals surface area contributed by atoms with Crippen LogP contribution in [-0.2, 0) is 6.42 Å². The van der Waals surface area contributed by atoms with Crippen molar-refractivity contribution >= 4 is 83.8 Å². The molecule has 0 N–H and O–H groups in total. The summed E-state index contributed by atoms with van der Waals surface area (Å²) in [5.41, 5.74) is 28.7. The molecule has 0 amide bonds. The van der Waals surface area contributed by atoms with Crippen molar-refractivity contribution in [3.05, 3.63) is 287 Å². The summed E-state index contributed by atoms with van der Waals surface area (Å²) < 4.78 is 4.95. The lowest BCUT2D eigenvalue weighted by Gasteiger charge is -2.22. The second kappa shape index (κ2) is 18.0. The van der Waals surface area contributed by atoms with Gasteiger partial charge in [0.1, 0.15) is 0 Å². The van der Waals surface area contributed by atoms with E-state index >= 15 is 0 Å². The Hall–Kier alpha value is -10.0. The van der Waals surface area contributed by atoms with Crippen molar-refractivity contribution in [2.75, 3.05) is 0 Å². The molecule has 1 radical (unpaired) electrons. The highest BCUT2D eigenvalue weighted by atomic mass is 15.0. The van der Waals surface area contributed by atoms with Gasteiger partial charge in [0, 0.05) is 32.9 Å². The minimum Gasteiger partial charge on any atom is -0.309 e. The Morgan fingerprint density at radius 3 is 1.44 bits per heavy atom. The van der Waals surface area contributed by atoms with Gasteiger partial charge in [-0.25, -0.2) is 0 Å². The first kappa shape index (κ1) is 46.9. The maximum atomic E-state index is 2.48. The van der Waals surface area contributed by atoms with Crippen LogP contribution in [0, 0.1) is 11.8 Å². The maximum Gasteiger partial charge on any atom is 0.0547 e. The van der Waals surface area contributed by atoms with Crippen LogP contribution in [-0.4, -0.2) is 9.13 Å². The Kier molecular flexibility index (Phi) is 10.3. The second-order valence-corrected chi connectivity index (χ2v) is 23.0. The average molecular weight is 1040 g/mol. The van der Waals surface area contributed by atoms with Gasteiger partial charge in [0.05, 0.1) is 28.0 Å². The van der Waals surface area contributed by atoms with Crippen LogP contribution in [0.5, 0.6) is 0 Å². The summed E-state index contributed by atoms with van der Waals surface area (Å²) in [7, 11) is 0. The van der Waals surface area contributed by atoms with E-state index in [0.29, 0.717) is 5.92 Å². The number of hydrogen-bond donors (Lipinski definition) is 0. The molecule has 1 unspecified atom stereocenters. The van der Waals surface area contributed by atoms with Crippen LogP contribution in [0.15, 0.2) is 248 Å². The van der Waals surface area contributed by atoms with Crippen LogP contribution in [0.2, 0.25) is 0 Å². The maximum absolute atomic E-state index is 2.48. The fourth-order valence-electron chi connectivity index (χ4n) is 14.0. The highest BCUT2D eigenvalue weighted by molar-refractivity contribution is 6.14. The average Bonchev–Trinajstić information content (AvgIpc) is 3.37. The molecular formula is C80H55N2. The van der Waals surface area contributed by atoms with Gasteiger partial charge in [0.2, 0.25) is 0 Å². The molecule has 11 aromatic carbocycles. The van der Waals surface area contributed by atoms with Crippen LogP contribution in [0.1, 0.15) is 43.0 Å². The molecule has 13 aromatic rings. The van der Waals surface area contributed by atoms with Crippen LogP contribution in [0.25, 0.3) is 151 Å². The Bertz CT molecular complexity index is 5170. The van der Waals surface area contributed by atoms with Crippen molar-refractivity contribution in [2.45, 2.75) is 27.2 Å². The number of hydrogen-bond acceptors (Lipinski definition) is 0. The van der Waals surface area contributed by atoms with Gasteiger partial charge in [-0.15, -0.1) is 0 Å². The molecule has 1 atom stereocenters. The third kappa shape index (κ3) is 7.20. The molecule has 2 heterocycles. The predicted octanol–water partition coefficient (Wildman–Crippen LogP) is 19.5. The molecule has 0 saturated heterocycles. The zero-order chi connectivity index (χ0) is 54.3. The third-order valence-electron chi connectivity index (χ3n) is 18.3. The van der Waals surface area contributed by atoms with E-state index in [1.165, 1.54) is 165 Å². The standard InChI is InChI=1S/C80H55N2/c1-4-11-62-49(3)70-47-74(70)67-33-22-54(41-72(62)67)52-17-27-60(28-18-52)81-77-38-25-56(50-12-7-5-8-13-50)43-75(77)68-34-23-58(45-79(68)81)59-24-35-69-76-44-57(51-14-9-6-10-15-51)26-39-78(76)82(80(69)46-59)61-29-19-53(20-30-61)55-21-32-64-63-36-37-65(63)71-40-48(2)16-31-66(71)73(64)42-55/h4-39,41-48H,40H2,1-3H3/b11-4-. The number of benzene rings is 11. The zero-order valence-electron chi connectivity index (χ0n) is 46.0.